The lowest BCUT2D eigenvalue weighted by Gasteiger charge is -2.16. The van der Waals surface area contributed by atoms with Gasteiger partial charge in [-0.3, -0.25) is 0 Å². The highest BCUT2D eigenvalue weighted by molar-refractivity contribution is 5.45. The minimum Gasteiger partial charge on any atom is -0.449 e. The fourth-order valence-electron chi connectivity index (χ4n) is 1.59. The van der Waals surface area contributed by atoms with Gasteiger partial charge in [0.1, 0.15) is 0 Å². The van der Waals surface area contributed by atoms with Gasteiger partial charge in [0.25, 0.3) is 0 Å². The van der Waals surface area contributed by atoms with Crippen LogP contribution in [-0.2, 0) is 6.42 Å². The Morgan fingerprint density at radius 3 is 2.64 bits per heavy atom. The van der Waals surface area contributed by atoms with Crippen LogP contribution in [-0.4, -0.2) is 12.3 Å². The molecule has 0 bridgehead atoms. The van der Waals surface area contributed by atoms with Gasteiger partial charge in [0.05, 0.1) is 0 Å². The summed E-state index contributed by atoms with van der Waals surface area (Å²) < 4.78 is 11.2. The number of nitrogens with two attached hydrogens (primary N) is 1. The third-order valence-electron chi connectivity index (χ3n) is 2.15. The van der Waals surface area contributed by atoms with Crippen LogP contribution in [0.4, 0.5) is 0 Å². The zero-order valence-corrected chi connectivity index (χ0v) is 8.54. The Hall–Kier alpha value is -1.22. The van der Waals surface area contributed by atoms with Gasteiger partial charge in [0, 0.05) is 13.8 Å². The monoisotopic (exact) mass is 193 g/mol. The van der Waals surface area contributed by atoms with Crippen molar-refractivity contribution in [1.82, 2.24) is 0 Å². The molecule has 0 saturated carbocycles. The van der Waals surface area contributed by atoms with Crippen molar-refractivity contribution in [3.63, 3.8) is 0 Å². The van der Waals surface area contributed by atoms with E-state index < -0.39 is 5.79 Å². The van der Waals surface area contributed by atoms with Crippen LogP contribution in [0.15, 0.2) is 18.2 Å². The largest absolute Gasteiger partial charge is 0.449 e. The maximum atomic E-state index is 5.62. The Kier molecular flexibility index (Phi) is 2.11. The molecule has 0 amide bonds. The highest BCUT2D eigenvalue weighted by atomic mass is 16.7. The minimum absolute atomic E-state index is 0.538. The Morgan fingerprint density at radius 1 is 1.21 bits per heavy atom. The first-order chi connectivity index (χ1) is 6.61. The third kappa shape index (κ3) is 1.68. The molecule has 1 aromatic carbocycles. The molecule has 14 heavy (non-hydrogen) atoms. The van der Waals surface area contributed by atoms with Gasteiger partial charge >= 0.3 is 0 Å². The number of benzene rings is 1. The van der Waals surface area contributed by atoms with Gasteiger partial charge in [0.15, 0.2) is 11.5 Å². The van der Waals surface area contributed by atoms with E-state index in [1.54, 1.807) is 0 Å². The number of hydrogen-bond donors (Lipinski definition) is 1. The van der Waals surface area contributed by atoms with E-state index in [9.17, 15) is 0 Å². The van der Waals surface area contributed by atoms with Crippen LogP contribution >= 0.6 is 0 Å². The number of ether oxygens (including phenoxy) is 2. The van der Waals surface area contributed by atoms with Gasteiger partial charge < -0.3 is 15.2 Å². The lowest BCUT2D eigenvalue weighted by molar-refractivity contribution is -0.0431. The molecular weight excluding hydrogens is 178 g/mol. The summed E-state index contributed by atoms with van der Waals surface area (Å²) in [6.07, 6.45) is 0.872. The van der Waals surface area contributed by atoms with E-state index in [0.717, 1.165) is 17.9 Å². The predicted octanol–water partition coefficient (Wildman–Crippen LogP) is 1.70. The molecule has 0 saturated heterocycles. The lowest BCUT2D eigenvalue weighted by Crippen LogP contribution is -2.29. The van der Waals surface area contributed by atoms with Crippen molar-refractivity contribution in [3.8, 4) is 11.5 Å². The normalized spacial score (nSPS) is 17.1. The molecule has 1 aliphatic rings. The second kappa shape index (κ2) is 3.17. The summed E-state index contributed by atoms with van der Waals surface area (Å²) in [5.74, 6) is 1.10. The Morgan fingerprint density at radius 2 is 1.93 bits per heavy atom. The van der Waals surface area contributed by atoms with Crippen LogP contribution in [0.25, 0.3) is 0 Å². The molecule has 0 radical (unpaired) electrons. The quantitative estimate of drug-likeness (QED) is 0.777. The molecule has 0 atom stereocenters. The highest BCUT2D eigenvalue weighted by Crippen LogP contribution is 2.39. The van der Waals surface area contributed by atoms with Crippen LogP contribution in [0.2, 0.25) is 0 Å². The first-order valence-corrected chi connectivity index (χ1v) is 4.82. The van der Waals surface area contributed by atoms with E-state index in [1.165, 1.54) is 5.56 Å². The van der Waals surface area contributed by atoms with E-state index in [0.29, 0.717) is 6.54 Å². The molecule has 1 aromatic rings. The van der Waals surface area contributed by atoms with Crippen LogP contribution < -0.4 is 15.2 Å². The zero-order chi connectivity index (χ0) is 10.2. The summed E-state index contributed by atoms with van der Waals surface area (Å²) in [6, 6.07) is 5.96. The first-order valence-electron chi connectivity index (χ1n) is 4.82. The first kappa shape index (κ1) is 9.34. The predicted molar refractivity (Wildman–Crippen MR) is 54.5 cm³/mol. The van der Waals surface area contributed by atoms with Crippen LogP contribution in [0.3, 0.4) is 0 Å². The van der Waals surface area contributed by atoms with Crippen molar-refractivity contribution in [2.24, 2.45) is 5.73 Å². The number of hydrogen-bond acceptors (Lipinski definition) is 3. The number of rotatable bonds is 2. The molecule has 1 aliphatic heterocycles. The fraction of sp³-hybridized carbons (Fsp3) is 0.455. The number of fused-ring (bicyclic) bond motifs is 1. The Balaban J connectivity index is 2.26. The van der Waals surface area contributed by atoms with E-state index in [2.05, 4.69) is 0 Å². The third-order valence-corrected chi connectivity index (χ3v) is 2.15. The van der Waals surface area contributed by atoms with Crippen molar-refractivity contribution in [2.75, 3.05) is 6.54 Å². The summed E-state index contributed by atoms with van der Waals surface area (Å²) in [5, 5.41) is 0. The molecule has 2 rings (SSSR count). The molecule has 1 heterocycles. The van der Waals surface area contributed by atoms with Crippen LogP contribution in [0.5, 0.6) is 11.5 Å². The summed E-state index contributed by atoms with van der Waals surface area (Å²) >= 11 is 0. The molecule has 2 N–H and O–H groups in total. The van der Waals surface area contributed by atoms with E-state index >= 15 is 0 Å². The van der Waals surface area contributed by atoms with Gasteiger partial charge in [-0.25, -0.2) is 0 Å². The smallest absolute Gasteiger partial charge is 0.246 e. The van der Waals surface area contributed by atoms with Gasteiger partial charge in [0.2, 0.25) is 5.79 Å². The molecule has 0 aromatic heterocycles. The maximum absolute atomic E-state index is 5.62. The topological polar surface area (TPSA) is 44.5 Å². The Labute approximate surface area is 83.8 Å². The molecule has 3 nitrogen and oxygen atoms in total. The van der Waals surface area contributed by atoms with E-state index in [1.807, 2.05) is 32.0 Å². The summed E-state index contributed by atoms with van der Waals surface area (Å²) in [5.41, 5.74) is 6.67. The summed E-state index contributed by atoms with van der Waals surface area (Å²) in [6.45, 7) is 4.45. The van der Waals surface area contributed by atoms with Crippen LogP contribution in [0, 0.1) is 0 Å². The standard InChI is InChI=1S/C11H15NO2/c1-11(2)13-9-4-3-8(5-6-12)7-10(9)14-11/h3-4,7H,5-6,12H2,1-2H3. The molecule has 76 valence electrons. The van der Waals surface area contributed by atoms with Gasteiger partial charge in [-0.15, -0.1) is 0 Å². The molecule has 0 unspecified atom stereocenters. The summed E-state index contributed by atoms with van der Waals surface area (Å²) in [4.78, 5) is 0. The zero-order valence-electron chi connectivity index (χ0n) is 8.54. The minimum atomic E-state index is -0.538. The maximum Gasteiger partial charge on any atom is 0.246 e. The van der Waals surface area contributed by atoms with Crippen molar-refractivity contribution in [3.05, 3.63) is 23.8 Å². The average molecular weight is 193 g/mol. The second-order valence-electron chi connectivity index (χ2n) is 3.92. The second-order valence-corrected chi connectivity index (χ2v) is 3.92. The van der Waals surface area contributed by atoms with Crippen molar-refractivity contribution >= 4 is 0 Å². The van der Waals surface area contributed by atoms with E-state index in [4.69, 9.17) is 15.2 Å². The Bertz CT molecular complexity index is 347. The fourth-order valence-corrected chi connectivity index (χ4v) is 1.59. The van der Waals surface area contributed by atoms with Crippen molar-refractivity contribution < 1.29 is 9.47 Å². The van der Waals surface area contributed by atoms with Crippen LogP contribution in [0.1, 0.15) is 19.4 Å². The van der Waals surface area contributed by atoms with E-state index in [-0.39, 0.29) is 0 Å². The molecule has 0 aliphatic carbocycles. The average Bonchev–Trinajstić information content (AvgIpc) is 2.38. The molecule has 0 fully saturated rings. The SMILES string of the molecule is CC1(C)Oc2ccc(CCN)cc2O1. The molecule has 0 spiro atoms. The van der Waals surface area contributed by atoms with Crippen molar-refractivity contribution in [2.45, 2.75) is 26.1 Å². The highest BCUT2D eigenvalue weighted by Gasteiger charge is 2.31. The lowest BCUT2D eigenvalue weighted by atomic mass is 10.1. The van der Waals surface area contributed by atoms with Gasteiger partial charge in [-0.2, -0.15) is 0 Å². The van der Waals surface area contributed by atoms with Gasteiger partial charge in [-0.1, -0.05) is 6.07 Å². The molecular formula is C11H15NO2. The van der Waals surface area contributed by atoms with Gasteiger partial charge in [-0.05, 0) is 30.7 Å². The summed E-state index contributed by atoms with van der Waals surface area (Å²) in [7, 11) is 0. The van der Waals surface area contributed by atoms with Crippen molar-refractivity contribution in [1.29, 1.82) is 0 Å². The molecule has 3 heteroatoms.